The first-order valence-corrected chi connectivity index (χ1v) is 8.97. The second-order valence-electron chi connectivity index (χ2n) is 5.58. The van der Waals surface area contributed by atoms with Crippen LogP contribution in [0.4, 0.5) is 0 Å². The molecule has 0 unspecified atom stereocenters. The fourth-order valence-electron chi connectivity index (χ4n) is 2.68. The Morgan fingerprint density at radius 2 is 2.30 bits per heavy atom. The summed E-state index contributed by atoms with van der Waals surface area (Å²) >= 11 is 1.66. The fraction of sp³-hybridized carbons (Fsp3) is 0.643. The Labute approximate surface area is 138 Å². The molecule has 126 valence electrons. The van der Waals surface area contributed by atoms with Crippen molar-refractivity contribution in [3.8, 4) is 0 Å². The second-order valence-corrected chi connectivity index (χ2v) is 6.45. The summed E-state index contributed by atoms with van der Waals surface area (Å²) in [6.07, 6.45) is 2.03. The van der Waals surface area contributed by atoms with Gasteiger partial charge in [-0.25, -0.2) is 0 Å². The van der Waals surface area contributed by atoms with Gasteiger partial charge in [-0.1, -0.05) is 5.16 Å². The summed E-state index contributed by atoms with van der Waals surface area (Å²) in [5, 5.41) is 27.1. The summed E-state index contributed by atoms with van der Waals surface area (Å²) < 4.78 is 7.20. The van der Waals surface area contributed by atoms with Crippen LogP contribution in [0.5, 0.6) is 0 Å². The lowest BCUT2D eigenvalue weighted by molar-refractivity contribution is 0.0916. The molecular formula is C14H21N5O3S. The molecule has 1 aliphatic heterocycles. The van der Waals surface area contributed by atoms with E-state index < -0.39 is 6.10 Å². The van der Waals surface area contributed by atoms with Crippen molar-refractivity contribution in [3.63, 3.8) is 0 Å². The standard InChI is InChI=1S/C14H21N5O3S/c1-23-9-13-15-14(22-17-13)7-18-3-2-4-19-10(6-18)5-11(16-19)12(21)8-20/h5,12,20-21H,2-4,6-9H2,1H3/t12-/m0/s1. The van der Waals surface area contributed by atoms with Gasteiger partial charge in [0.05, 0.1) is 30.3 Å². The van der Waals surface area contributed by atoms with Crippen molar-refractivity contribution >= 4 is 11.8 Å². The van der Waals surface area contributed by atoms with Crippen LogP contribution in [-0.2, 0) is 25.4 Å². The predicted octanol–water partition coefficient (Wildman–Crippen LogP) is 0.561. The Kier molecular flexibility index (Phi) is 5.31. The molecule has 0 amide bonds. The number of aliphatic hydroxyl groups is 2. The quantitative estimate of drug-likeness (QED) is 0.787. The third-order valence-corrected chi connectivity index (χ3v) is 4.32. The maximum Gasteiger partial charge on any atom is 0.240 e. The molecule has 2 N–H and O–H groups in total. The highest BCUT2D eigenvalue weighted by atomic mass is 32.2. The Morgan fingerprint density at radius 3 is 3.09 bits per heavy atom. The number of aromatic nitrogens is 4. The average molecular weight is 339 g/mol. The third kappa shape index (κ3) is 3.92. The zero-order valence-electron chi connectivity index (χ0n) is 13.1. The maximum atomic E-state index is 9.73. The number of fused-ring (bicyclic) bond motifs is 1. The molecule has 1 aliphatic rings. The predicted molar refractivity (Wildman–Crippen MR) is 84.5 cm³/mol. The molecule has 2 aromatic heterocycles. The minimum absolute atomic E-state index is 0.319. The van der Waals surface area contributed by atoms with Gasteiger partial charge in [0, 0.05) is 19.6 Å². The molecule has 0 bridgehead atoms. The summed E-state index contributed by atoms with van der Waals surface area (Å²) in [5.74, 6) is 2.09. The van der Waals surface area contributed by atoms with Gasteiger partial charge in [-0.3, -0.25) is 9.58 Å². The second kappa shape index (κ2) is 7.43. The summed E-state index contributed by atoms with van der Waals surface area (Å²) in [7, 11) is 0. The number of aliphatic hydroxyl groups excluding tert-OH is 2. The Bertz CT molecular complexity index is 644. The SMILES string of the molecule is CSCc1noc(CN2CCCn3nc([C@@H](O)CO)cc3C2)n1. The number of hydrogen-bond donors (Lipinski definition) is 2. The number of nitrogens with zero attached hydrogens (tertiary/aromatic N) is 5. The Morgan fingerprint density at radius 1 is 1.43 bits per heavy atom. The van der Waals surface area contributed by atoms with E-state index in [9.17, 15) is 5.11 Å². The average Bonchev–Trinajstić information content (AvgIpc) is 3.10. The van der Waals surface area contributed by atoms with Crippen LogP contribution >= 0.6 is 11.8 Å². The van der Waals surface area contributed by atoms with Gasteiger partial charge >= 0.3 is 0 Å². The van der Waals surface area contributed by atoms with Crippen LogP contribution in [0.2, 0.25) is 0 Å². The molecule has 1 atom stereocenters. The highest BCUT2D eigenvalue weighted by Gasteiger charge is 2.21. The van der Waals surface area contributed by atoms with E-state index in [4.69, 9.17) is 9.63 Å². The molecule has 0 saturated carbocycles. The van der Waals surface area contributed by atoms with Crippen molar-refractivity contribution in [3.05, 3.63) is 29.2 Å². The third-order valence-electron chi connectivity index (χ3n) is 3.77. The van der Waals surface area contributed by atoms with Crippen molar-refractivity contribution < 1.29 is 14.7 Å². The van der Waals surface area contributed by atoms with Crippen molar-refractivity contribution in [2.75, 3.05) is 19.4 Å². The summed E-state index contributed by atoms with van der Waals surface area (Å²) in [6.45, 7) is 2.70. The Balaban J connectivity index is 1.68. The van der Waals surface area contributed by atoms with Crippen LogP contribution in [0.3, 0.4) is 0 Å². The van der Waals surface area contributed by atoms with Crippen molar-refractivity contribution in [2.45, 2.75) is 37.9 Å². The molecule has 2 aromatic rings. The molecule has 8 nitrogen and oxygen atoms in total. The van der Waals surface area contributed by atoms with Gasteiger partial charge in [-0.15, -0.1) is 0 Å². The van der Waals surface area contributed by atoms with E-state index in [1.807, 2.05) is 17.0 Å². The minimum Gasteiger partial charge on any atom is -0.393 e. The van der Waals surface area contributed by atoms with Gasteiger partial charge < -0.3 is 14.7 Å². The first-order valence-electron chi connectivity index (χ1n) is 7.58. The molecule has 0 fully saturated rings. The monoisotopic (exact) mass is 339 g/mol. The van der Waals surface area contributed by atoms with E-state index >= 15 is 0 Å². The summed E-state index contributed by atoms with van der Waals surface area (Å²) in [5.41, 5.74) is 1.54. The van der Waals surface area contributed by atoms with Gasteiger partial charge in [-0.2, -0.15) is 21.8 Å². The summed E-state index contributed by atoms with van der Waals surface area (Å²) in [6, 6.07) is 1.85. The van der Waals surface area contributed by atoms with E-state index in [-0.39, 0.29) is 6.61 Å². The lowest BCUT2D eigenvalue weighted by atomic mass is 10.2. The minimum atomic E-state index is -0.923. The lowest BCUT2D eigenvalue weighted by Crippen LogP contribution is -2.23. The Hall–Kier alpha value is -1.42. The number of thioether (sulfide) groups is 1. The molecule has 3 heterocycles. The molecule has 3 rings (SSSR count). The number of aryl methyl sites for hydroxylation is 1. The molecule has 0 spiro atoms. The summed E-state index contributed by atoms with van der Waals surface area (Å²) in [4.78, 5) is 6.62. The zero-order chi connectivity index (χ0) is 16.2. The van der Waals surface area contributed by atoms with Gasteiger partial charge in [-0.05, 0) is 18.7 Å². The van der Waals surface area contributed by atoms with Crippen LogP contribution in [0.1, 0.15) is 35.6 Å². The number of rotatable bonds is 6. The van der Waals surface area contributed by atoms with Gasteiger partial charge in [0.1, 0.15) is 6.10 Å². The zero-order valence-corrected chi connectivity index (χ0v) is 13.9. The van der Waals surface area contributed by atoms with E-state index in [0.29, 0.717) is 24.7 Å². The van der Waals surface area contributed by atoms with Crippen molar-refractivity contribution in [2.24, 2.45) is 0 Å². The van der Waals surface area contributed by atoms with Crippen LogP contribution in [-0.4, -0.2) is 54.4 Å². The van der Waals surface area contributed by atoms with Gasteiger partial charge in [0.15, 0.2) is 5.82 Å². The van der Waals surface area contributed by atoms with Crippen molar-refractivity contribution in [1.29, 1.82) is 0 Å². The largest absolute Gasteiger partial charge is 0.393 e. The smallest absolute Gasteiger partial charge is 0.240 e. The van der Waals surface area contributed by atoms with Gasteiger partial charge in [0.2, 0.25) is 5.89 Å². The van der Waals surface area contributed by atoms with Crippen molar-refractivity contribution in [1.82, 2.24) is 24.8 Å². The number of hydrogen-bond acceptors (Lipinski definition) is 8. The molecule has 9 heteroatoms. The topological polar surface area (TPSA) is 100 Å². The maximum absolute atomic E-state index is 9.73. The first-order chi connectivity index (χ1) is 11.2. The molecular weight excluding hydrogens is 318 g/mol. The molecule has 0 radical (unpaired) electrons. The molecule has 0 aliphatic carbocycles. The fourth-order valence-corrected chi connectivity index (χ4v) is 3.05. The lowest BCUT2D eigenvalue weighted by Gasteiger charge is -2.16. The highest BCUT2D eigenvalue weighted by Crippen LogP contribution is 2.19. The van der Waals surface area contributed by atoms with Crippen LogP contribution in [0.25, 0.3) is 0 Å². The van der Waals surface area contributed by atoms with Crippen LogP contribution in [0, 0.1) is 0 Å². The van der Waals surface area contributed by atoms with Gasteiger partial charge in [0.25, 0.3) is 0 Å². The highest BCUT2D eigenvalue weighted by molar-refractivity contribution is 7.97. The van der Waals surface area contributed by atoms with E-state index in [1.54, 1.807) is 11.8 Å². The van der Waals surface area contributed by atoms with E-state index in [1.165, 1.54) is 0 Å². The normalized spacial score (nSPS) is 17.0. The molecule has 0 aromatic carbocycles. The first kappa shape index (κ1) is 16.4. The van der Waals surface area contributed by atoms with Crippen LogP contribution in [0.15, 0.2) is 10.6 Å². The molecule has 0 saturated heterocycles. The van der Waals surface area contributed by atoms with E-state index in [0.717, 1.165) is 36.8 Å². The van der Waals surface area contributed by atoms with Crippen LogP contribution < -0.4 is 0 Å². The molecule has 23 heavy (non-hydrogen) atoms. The van der Waals surface area contributed by atoms with E-state index in [2.05, 4.69) is 20.1 Å².